The molecule has 2 aromatic carbocycles. The quantitative estimate of drug-likeness (QED) is 0.232. The summed E-state index contributed by atoms with van der Waals surface area (Å²) in [6.45, 7) is 6.35. The Morgan fingerprint density at radius 2 is 1.79 bits per heavy atom. The van der Waals surface area contributed by atoms with Gasteiger partial charge in [0.15, 0.2) is 5.78 Å². The molecule has 4 heteroatoms. The third kappa shape index (κ3) is 6.05. The molecule has 1 saturated carbocycles. The molecule has 3 unspecified atom stereocenters. The molecule has 196 valence electrons. The van der Waals surface area contributed by atoms with Gasteiger partial charge in [-0.25, -0.2) is 0 Å². The summed E-state index contributed by atoms with van der Waals surface area (Å²) in [5.74, 6) is 3.44. The molecule has 38 heavy (non-hydrogen) atoms. The molecule has 0 radical (unpaired) electrons. The molecule has 0 aromatic heterocycles. The van der Waals surface area contributed by atoms with Gasteiger partial charge in [0.2, 0.25) is 0 Å². The topological polar surface area (TPSA) is 60.4 Å². The number of fused-ring (bicyclic) bond motifs is 1. The highest BCUT2D eigenvalue weighted by molar-refractivity contribution is 6.08. The fourth-order valence-corrected chi connectivity index (χ4v) is 5.59. The highest BCUT2D eigenvalue weighted by atomic mass is 16.5. The number of benzene rings is 2. The van der Waals surface area contributed by atoms with Crippen LogP contribution in [0.15, 0.2) is 60.2 Å². The lowest BCUT2D eigenvalue weighted by molar-refractivity contribution is -0.129. The van der Waals surface area contributed by atoms with Crippen LogP contribution >= 0.6 is 0 Å². The molecule has 2 aromatic rings. The van der Waals surface area contributed by atoms with Gasteiger partial charge in [-0.3, -0.25) is 14.4 Å². The molecular formula is C34H36O4. The minimum absolute atomic E-state index is 0.0427. The second-order valence-electron chi connectivity index (χ2n) is 10.5. The second-order valence-corrected chi connectivity index (χ2v) is 10.5. The SMILES string of the molecule is C#CC(C)/C(=C(\OCC)c1ccccc1)c1ccc2c(c1)CC(CC1CCC(=O)CCC(C)C1=O)=CC2=O. The lowest BCUT2D eigenvalue weighted by atomic mass is 9.77. The molecule has 0 saturated heterocycles. The molecule has 0 bridgehead atoms. The predicted molar refractivity (Wildman–Crippen MR) is 151 cm³/mol. The molecule has 2 aliphatic carbocycles. The number of rotatable bonds is 7. The summed E-state index contributed by atoms with van der Waals surface area (Å²) in [7, 11) is 0. The van der Waals surface area contributed by atoms with Crippen LogP contribution in [0.25, 0.3) is 11.3 Å². The second kappa shape index (κ2) is 12.2. The third-order valence-electron chi connectivity index (χ3n) is 7.71. The summed E-state index contributed by atoms with van der Waals surface area (Å²) in [5.41, 5.74) is 5.34. The molecule has 0 heterocycles. The molecule has 2 aliphatic rings. The van der Waals surface area contributed by atoms with Gasteiger partial charge in [0, 0.05) is 47.3 Å². The van der Waals surface area contributed by atoms with Crippen molar-refractivity contribution in [2.45, 2.75) is 59.3 Å². The smallest absolute Gasteiger partial charge is 0.186 e. The molecule has 0 spiro atoms. The Hall–Kier alpha value is -3.71. The maximum absolute atomic E-state index is 13.1. The summed E-state index contributed by atoms with van der Waals surface area (Å²) in [4.78, 5) is 38.3. The summed E-state index contributed by atoms with van der Waals surface area (Å²) in [5, 5.41) is 0. The normalized spacial score (nSPS) is 21.3. The Kier molecular flexibility index (Phi) is 8.79. The molecule has 4 nitrogen and oxygen atoms in total. The monoisotopic (exact) mass is 508 g/mol. The van der Waals surface area contributed by atoms with Crippen LogP contribution in [0.3, 0.4) is 0 Å². The number of Topliss-reactive ketones (excluding diaryl/α,β-unsaturated/α-hetero) is 2. The lowest BCUT2D eigenvalue weighted by Crippen LogP contribution is -2.27. The molecule has 1 fully saturated rings. The molecule has 0 amide bonds. The molecular weight excluding hydrogens is 472 g/mol. The first-order valence-electron chi connectivity index (χ1n) is 13.6. The average Bonchev–Trinajstić information content (AvgIpc) is 2.92. The van der Waals surface area contributed by atoms with Crippen molar-refractivity contribution in [3.05, 3.63) is 82.4 Å². The Balaban J connectivity index is 1.69. The number of ketones is 3. The standard InChI is InChI=1S/C34H36O4/c1-5-22(3)32(34(38-6-2)25-10-8-7-9-11-25)26-14-17-30-28(21-26)19-24(20-31(30)36)18-27-13-16-29(35)15-12-23(4)33(27)37/h1,7-11,14,17,20-23,27H,6,12-13,15-16,18-19H2,2-4H3/b34-32+. The van der Waals surface area contributed by atoms with E-state index in [-0.39, 0.29) is 35.1 Å². The molecule has 0 N–H and O–H groups in total. The van der Waals surface area contributed by atoms with Crippen LogP contribution < -0.4 is 0 Å². The number of allylic oxidation sites excluding steroid dienone is 3. The number of carbonyl (C=O) groups is 3. The highest BCUT2D eigenvalue weighted by Gasteiger charge is 2.30. The van der Waals surface area contributed by atoms with Gasteiger partial charge in [-0.15, -0.1) is 6.42 Å². The van der Waals surface area contributed by atoms with E-state index in [0.29, 0.717) is 50.7 Å². The van der Waals surface area contributed by atoms with Gasteiger partial charge < -0.3 is 4.74 Å². The maximum Gasteiger partial charge on any atom is 0.186 e. The van der Waals surface area contributed by atoms with Gasteiger partial charge in [0.25, 0.3) is 0 Å². The van der Waals surface area contributed by atoms with Crippen molar-refractivity contribution >= 4 is 28.7 Å². The largest absolute Gasteiger partial charge is 0.493 e. The van der Waals surface area contributed by atoms with Crippen molar-refractivity contribution < 1.29 is 19.1 Å². The van der Waals surface area contributed by atoms with Crippen LogP contribution in [0.4, 0.5) is 0 Å². The van der Waals surface area contributed by atoms with Gasteiger partial charge in [-0.05, 0) is 56.7 Å². The zero-order valence-corrected chi connectivity index (χ0v) is 22.6. The van der Waals surface area contributed by atoms with Gasteiger partial charge in [0.05, 0.1) is 6.61 Å². The van der Waals surface area contributed by atoms with E-state index >= 15 is 0 Å². The Morgan fingerprint density at radius 1 is 1.05 bits per heavy atom. The van der Waals surface area contributed by atoms with Crippen molar-refractivity contribution in [1.82, 2.24) is 0 Å². The first kappa shape index (κ1) is 27.3. The van der Waals surface area contributed by atoms with Gasteiger partial charge in [-0.2, -0.15) is 0 Å². The van der Waals surface area contributed by atoms with Crippen molar-refractivity contribution in [3.8, 4) is 12.3 Å². The van der Waals surface area contributed by atoms with Crippen molar-refractivity contribution in [1.29, 1.82) is 0 Å². The van der Waals surface area contributed by atoms with Crippen LogP contribution in [-0.4, -0.2) is 24.0 Å². The number of ether oxygens (including phenoxy) is 1. The van der Waals surface area contributed by atoms with Gasteiger partial charge in [-0.1, -0.05) is 66.9 Å². The van der Waals surface area contributed by atoms with Gasteiger partial charge in [0.1, 0.15) is 17.3 Å². The Morgan fingerprint density at radius 3 is 2.50 bits per heavy atom. The summed E-state index contributed by atoms with van der Waals surface area (Å²) < 4.78 is 6.15. The fourth-order valence-electron chi connectivity index (χ4n) is 5.59. The van der Waals surface area contributed by atoms with Crippen LogP contribution in [0.1, 0.15) is 79.9 Å². The van der Waals surface area contributed by atoms with Crippen molar-refractivity contribution in [2.75, 3.05) is 6.61 Å². The van der Waals surface area contributed by atoms with E-state index in [1.807, 2.05) is 63.2 Å². The minimum Gasteiger partial charge on any atom is -0.493 e. The van der Waals surface area contributed by atoms with Gasteiger partial charge >= 0.3 is 0 Å². The van der Waals surface area contributed by atoms with Crippen LogP contribution in [0.5, 0.6) is 0 Å². The van der Waals surface area contributed by atoms with E-state index in [1.165, 1.54) is 0 Å². The van der Waals surface area contributed by atoms with E-state index < -0.39 is 0 Å². The minimum atomic E-state index is -0.224. The van der Waals surface area contributed by atoms with Crippen LogP contribution in [0.2, 0.25) is 0 Å². The molecule has 3 atom stereocenters. The van der Waals surface area contributed by atoms with E-state index in [1.54, 1.807) is 6.08 Å². The molecule has 4 rings (SSSR count). The van der Waals surface area contributed by atoms with Crippen LogP contribution in [0, 0.1) is 30.1 Å². The zero-order chi connectivity index (χ0) is 27.2. The van der Waals surface area contributed by atoms with E-state index in [2.05, 4.69) is 12.0 Å². The van der Waals surface area contributed by atoms with Crippen molar-refractivity contribution in [3.63, 3.8) is 0 Å². The summed E-state index contributed by atoms with van der Waals surface area (Å²) in [6.07, 6.45) is 10.8. The number of hydrogen-bond donors (Lipinski definition) is 0. The Bertz CT molecular complexity index is 1320. The first-order valence-corrected chi connectivity index (χ1v) is 13.6. The summed E-state index contributed by atoms with van der Waals surface area (Å²) in [6, 6.07) is 15.8. The summed E-state index contributed by atoms with van der Waals surface area (Å²) >= 11 is 0. The molecule has 0 aliphatic heterocycles. The lowest BCUT2D eigenvalue weighted by Gasteiger charge is -2.25. The maximum atomic E-state index is 13.1. The van der Waals surface area contributed by atoms with E-state index in [0.717, 1.165) is 33.6 Å². The third-order valence-corrected chi connectivity index (χ3v) is 7.71. The average molecular weight is 509 g/mol. The van der Waals surface area contributed by atoms with Crippen molar-refractivity contribution in [2.24, 2.45) is 17.8 Å². The highest BCUT2D eigenvalue weighted by Crippen LogP contribution is 2.36. The predicted octanol–water partition coefficient (Wildman–Crippen LogP) is 6.88. The number of hydrogen-bond acceptors (Lipinski definition) is 4. The fraction of sp³-hybridized carbons (Fsp3) is 0.382. The number of terminal acetylenes is 1. The van der Waals surface area contributed by atoms with E-state index in [4.69, 9.17) is 11.2 Å². The zero-order valence-electron chi connectivity index (χ0n) is 22.6. The van der Waals surface area contributed by atoms with E-state index in [9.17, 15) is 14.4 Å². The Labute approximate surface area is 226 Å². The number of carbonyl (C=O) groups excluding carboxylic acids is 3. The first-order chi connectivity index (χ1) is 18.3. The van der Waals surface area contributed by atoms with Crippen LogP contribution in [-0.2, 0) is 20.7 Å².